The molecule has 1 amide bonds. The molecule has 0 unspecified atom stereocenters. The number of carbonyl (C=O) groups is 3. The van der Waals surface area contributed by atoms with Crippen molar-refractivity contribution in [1.82, 2.24) is 29.6 Å². The van der Waals surface area contributed by atoms with Crippen molar-refractivity contribution in [3.05, 3.63) is 70.6 Å². The third-order valence-corrected chi connectivity index (χ3v) is 7.05. The molecule has 0 spiro atoms. The number of hydrogen-bond acceptors (Lipinski definition) is 7. The van der Waals surface area contributed by atoms with Crippen LogP contribution >= 0.6 is 15.9 Å². The zero-order valence-corrected chi connectivity index (χ0v) is 22.6. The minimum Gasteiger partial charge on any atom is -0.325 e. The van der Waals surface area contributed by atoms with E-state index >= 15 is 4.39 Å². The number of aryl methyl sites for hydroxylation is 1. The van der Waals surface area contributed by atoms with Crippen LogP contribution in [0.2, 0.25) is 0 Å². The minimum absolute atomic E-state index is 0.0199. The molecular formula is C27H23BrF2N6O3. The molecule has 1 aromatic carbocycles. The van der Waals surface area contributed by atoms with Crippen molar-refractivity contribution >= 4 is 44.3 Å². The largest absolute Gasteiger partial charge is 0.325 e. The number of fused-ring (bicyclic) bond motifs is 1. The van der Waals surface area contributed by atoms with Gasteiger partial charge < -0.3 is 4.90 Å². The number of benzene rings is 1. The summed E-state index contributed by atoms with van der Waals surface area (Å²) in [5, 5.41) is 4.46. The summed E-state index contributed by atoms with van der Waals surface area (Å²) in [6.45, 7) is 2.63. The quantitative estimate of drug-likeness (QED) is 0.230. The highest BCUT2D eigenvalue weighted by Gasteiger charge is 2.43. The van der Waals surface area contributed by atoms with Crippen molar-refractivity contribution in [3.8, 4) is 11.1 Å². The highest BCUT2D eigenvalue weighted by Crippen LogP contribution is 2.31. The highest BCUT2D eigenvalue weighted by atomic mass is 79.9. The van der Waals surface area contributed by atoms with Crippen molar-refractivity contribution in [1.29, 1.82) is 0 Å². The van der Waals surface area contributed by atoms with Crippen molar-refractivity contribution in [2.24, 2.45) is 0 Å². The van der Waals surface area contributed by atoms with Crippen molar-refractivity contribution in [2.75, 3.05) is 6.54 Å². The van der Waals surface area contributed by atoms with Crippen LogP contribution in [0.4, 0.5) is 8.78 Å². The molecule has 0 bridgehead atoms. The number of nitrogens with zero attached hydrogens (tertiary/aromatic N) is 6. The van der Waals surface area contributed by atoms with E-state index in [0.717, 1.165) is 9.58 Å². The maximum Gasteiger partial charge on any atom is 0.280 e. The molecule has 3 aromatic heterocycles. The SMILES string of the molecule is CC(=O)c1nn([C@@H](F)C(=O)N2C[C@H](F)C[C@H]2C(=O)Cc2cccc(Br)n2)c2ccc(-c3cnc(C)nc3)cc12. The Morgan fingerprint density at radius 3 is 2.56 bits per heavy atom. The summed E-state index contributed by atoms with van der Waals surface area (Å²) in [6.07, 6.45) is -0.964. The maximum absolute atomic E-state index is 15.8. The van der Waals surface area contributed by atoms with Crippen LogP contribution in [0.5, 0.6) is 0 Å². The Morgan fingerprint density at radius 1 is 1.13 bits per heavy atom. The lowest BCUT2D eigenvalue weighted by Crippen LogP contribution is -2.44. The molecule has 4 heterocycles. The first kappa shape index (κ1) is 26.7. The van der Waals surface area contributed by atoms with Crippen LogP contribution in [0.3, 0.4) is 0 Å². The van der Waals surface area contributed by atoms with Crippen LogP contribution < -0.4 is 0 Å². The van der Waals surface area contributed by atoms with Crippen molar-refractivity contribution < 1.29 is 23.2 Å². The smallest absolute Gasteiger partial charge is 0.280 e. The molecule has 0 N–H and O–H groups in total. The van der Waals surface area contributed by atoms with Gasteiger partial charge in [-0.15, -0.1) is 0 Å². The molecule has 1 aliphatic rings. The Balaban J connectivity index is 1.45. The third kappa shape index (κ3) is 5.33. The summed E-state index contributed by atoms with van der Waals surface area (Å²) in [6, 6.07) is 8.80. The zero-order chi connectivity index (χ0) is 27.8. The van der Waals surface area contributed by atoms with Crippen LogP contribution in [-0.2, 0) is 16.0 Å². The van der Waals surface area contributed by atoms with E-state index in [1.165, 1.54) is 6.92 Å². The number of halogens is 3. The van der Waals surface area contributed by atoms with E-state index in [2.05, 4.69) is 36.0 Å². The number of amides is 1. The van der Waals surface area contributed by atoms with Gasteiger partial charge in [-0.25, -0.2) is 28.4 Å². The second kappa shape index (κ2) is 10.7. The number of likely N-dealkylation sites (tertiary alicyclic amines) is 1. The van der Waals surface area contributed by atoms with Gasteiger partial charge >= 0.3 is 0 Å². The van der Waals surface area contributed by atoms with Gasteiger partial charge in [-0.2, -0.15) is 5.10 Å². The highest BCUT2D eigenvalue weighted by molar-refractivity contribution is 9.10. The molecule has 200 valence electrons. The minimum atomic E-state index is -2.38. The van der Waals surface area contributed by atoms with E-state index in [9.17, 15) is 18.8 Å². The second-order valence-corrected chi connectivity index (χ2v) is 10.2. The standard InChI is InChI=1S/C27H23BrF2N6O3/c1-14(37)25-20-8-16(17-11-31-15(2)32-12-17)6-7-21(20)36(34-25)26(30)27(39)35-13-18(29)9-22(35)23(38)10-19-4-3-5-24(28)33-19/h3-8,11-12,18,22,26H,9-10,13H2,1-2H3/t18-,22+,26-/m1/s1. The van der Waals surface area contributed by atoms with Crippen molar-refractivity contribution in [2.45, 2.75) is 45.2 Å². The Morgan fingerprint density at radius 2 is 1.87 bits per heavy atom. The number of aromatic nitrogens is 5. The predicted octanol–water partition coefficient (Wildman–Crippen LogP) is 4.38. The van der Waals surface area contributed by atoms with Crippen molar-refractivity contribution in [3.63, 3.8) is 0 Å². The van der Waals surface area contributed by atoms with Gasteiger partial charge in [-0.05, 0) is 52.7 Å². The number of hydrogen-bond donors (Lipinski definition) is 0. The molecule has 39 heavy (non-hydrogen) atoms. The van der Waals surface area contributed by atoms with Crippen LogP contribution in [-0.4, -0.2) is 65.9 Å². The lowest BCUT2D eigenvalue weighted by Gasteiger charge is -2.25. The van der Waals surface area contributed by atoms with Gasteiger partial charge in [0.25, 0.3) is 12.2 Å². The average Bonchev–Trinajstić information content (AvgIpc) is 3.49. The van der Waals surface area contributed by atoms with Gasteiger partial charge in [-0.1, -0.05) is 12.1 Å². The number of rotatable bonds is 7. The Bertz CT molecular complexity index is 1590. The molecule has 3 atom stereocenters. The van der Waals surface area contributed by atoms with Gasteiger partial charge in [0.15, 0.2) is 11.6 Å². The first-order valence-electron chi connectivity index (χ1n) is 12.2. The van der Waals surface area contributed by atoms with E-state index in [1.807, 2.05) is 0 Å². The fourth-order valence-corrected chi connectivity index (χ4v) is 5.10. The van der Waals surface area contributed by atoms with Crippen LogP contribution in [0, 0.1) is 6.92 Å². The molecule has 1 saturated heterocycles. The third-order valence-electron chi connectivity index (χ3n) is 6.61. The first-order chi connectivity index (χ1) is 18.6. The Kier molecular flexibility index (Phi) is 7.30. The zero-order valence-electron chi connectivity index (χ0n) is 21.0. The lowest BCUT2D eigenvalue weighted by molar-refractivity contribution is -0.144. The number of pyridine rings is 1. The monoisotopic (exact) mass is 596 g/mol. The van der Waals surface area contributed by atoms with E-state index in [4.69, 9.17) is 0 Å². The summed E-state index contributed by atoms with van der Waals surface area (Å²) in [4.78, 5) is 52.2. The van der Waals surface area contributed by atoms with Gasteiger partial charge in [-0.3, -0.25) is 14.4 Å². The molecule has 4 aromatic rings. The van der Waals surface area contributed by atoms with Crippen LogP contribution in [0.1, 0.15) is 41.6 Å². The fourth-order valence-electron chi connectivity index (χ4n) is 4.72. The lowest BCUT2D eigenvalue weighted by atomic mass is 10.0. The number of Topliss-reactive ketones (excluding diaryl/α,β-unsaturated/α-hetero) is 2. The van der Waals surface area contributed by atoms with Gasteiger partial charge in [0, 0.05) is 42.4 Å². The predicted molar refractivity (Wildman–Crippen MR) is 141 cm³/mol. The second-order valence-electron chi connectivity index (χ2n) is 9.37. The molecule has 9 nitrogen and oxygen atoms in total. The summed E-state index contributed by atoms with van der Waals surface area (Å²) in [5.41, 5.74) is 1.99. The Labute approximate surface area is 230 Å². The summed E-state index contributed by atoms with van der Waals surface area (Å²) < 4.78 is 31.6. The molecule has 1 fully saturated rings. The maximum atomic E-state index is 15.8. The van der Waals surface area contributed by atoms with Gasteiger partial charge in [0.2, 0.25) is 0 Å². The number of ketones is 2. The van der Waals surface area contributed by atoms with E-state index in [0.29, 0.717) is 32.6 Å². The number of alkyl halides is 2. The first-order valence-corrected chi connectivity index (χ1v) is 13.0. The average molecular weight is 597 g/mol. The topological polar surface area (TPSA) is 111 Å². The summed E-state index contributed by atoms with van der Waals surface area (Å²) >= 11 is 3.24. The Hall–Kier alpha value is -3.93. The number of carbonyl (C=O) groups excluding carboxylic acids is 3. The van der Waals surface area contributed by atoms with Gasteiger partial charge in [0.1, 0.15) is 22.3 Å². The molecule has 12 heteroatoms. The molecule has 0 aliphatic carbocycles. The molecule has 0 radical (unpaired) electrons. The normalized spacial score (nSPS) is 17.9. The van der Waals surface area contributed by atoms with Gasteiger partial charge in [0.05, 0.1) is 24.5 Å². The molecule has 0 saturated carbocycles. The van der Waals surface area contributed by atoms with Crippen LogP contribution in [0.25, 0.3) is 22.0 Å². The van der Waals surface area contributed by atoms with Crippen LogP contribution in [0.15, 0.2) is 53.4 Å². The summed E-state index contributed by atoms with van der Waals surface area (Å²) in [5.74, 6) is -1.37. The fraction of sp³-hybridized carbons (Fsp3) is 0.296. The summed E-state index contributed by atoms with van der Waals surface area (Å²) in [7, 11) is 0. The molecular weight excluding hydrogens is 574 g/mol. The molecule has 1 aliphatic heterocycles. The molecule has 5 rings (SSSR count). The van der Waals surface area contributed by atoms with E-state index in [1.54, 1.807) is 55.7 Å². The van der Waals surface area contributed by atoms with E-state index in [-0.39, 0.29) is 24.1 Å². The van der Waals surface area contributed by atoms with E-state index < -0.39 is 42.5 Å².